The Morgan fingerprint density at radius 3 is 2.02 bits per heavy atom. The van der Waals surface area contributed by atoms with E-state index in [4.69, 9.17) is 47.1 Å². The minimum Gasteiger partial charge on any atom is -0.456 e. The molecule has 0 aliphatic carbocycles. The smallest absolute Gasteiger partial charge is 0.303 e. The van der Waals surface area contributed by atoms with Crippen LogP contribution in [0, 0.1) is 0 Å². The van der Waals surface area contributed by atoms with E-state index >= 15 is 0 Å². The van der Waals surface area contributed by atoms with Crippen LogP contribution in [0.15, 0.2) is 60.7 Å². The Hall–Kier alpha value is -3.25. The molecular weight excluding hydrogens is 719 g/mol. The molecule has 298 valence electrons. The lowest BCUT2D eigenvalue weighted by Crippen LogP contribution is -2.68. The maximum absolute atomic E-state index is 12.4. The highest BCUT2D eigenvalue weighted by Crippen LogP contribution is 2.43. The molecule has 3 fully saturated rings. The van der Waals surface area contributed by atoms with Crippen LogP contribution in [0.2, 0.25) is 18.1 Å². The standard InChI is InChI=1S/C39H55NO13Si/c1-23(41)40-30-33(49-25(3)43)31(48-24(2)42)28(50-37(30)44-7)22-47-38-35(53-54(8,9)39(4,5)6)34(45-20-26-16-12-10-13-17-26)32-29(51-38)21-46-36(52-32)27-18-14-11-15-19-27/h10-19,28-38H,20-22H2,1-9H3,(H,40,41)/t28-,29-,30-,31-,32-,33-,34+,35+,36-,37+,38-/m1/s1. The molecule has 5 rings (SSSR count). The number of hydrogen-bond donors (Lipinski definition) is 1. The normalized spacial score (nSPS) is 31.5. The molecule has 0 aromatic heterocycles. The van der Waals surface area contributed by atoms with Gasteiger partial charge in [-0.15, -0.1) is 0 Å². The number of benzene rings is 2. The third kappa shape index (κ3) is 10.3. The van der Waals surface area contributed by atoms with Crippen molar-refractivity contribution in [2.45, 2.75) is 134 Å². The van der Waals surface area contributed by atoms with Crippen molar-refractivity contribution in [1.29, 1.82) is 0 Å². The first-order valence-corrected chi connectivity index (χ1v) is 21.2. The molecule has 11 atom stereocenters. The second-order valence-corrected chi connectivity index (χ2v) is 20.1. The molecule has 0 bridgehead atoms. The fourth-order valence-corrected chi connectivity index (χ4v) is 7.82. The Balaban J connectivity index is 1.49. The van der Waals surface area contributed by atoms with Crippen LogP contribution in [0.4, 0.5) is 0 Å². The number of fused-ring (bicyclic) bond motifs is 1. The van der Waals surface area contributed by atoms with E-state index in [0.717, 1.165) is 11.1 Å². The summed E-state index contributed by atoms with van der Waals surface area (Å²) in [6, 6.07) is 18.5. The molecule has 0 spiro atoms. The van der Waals surface area contributed by atoms with Gasteiger partial charge in [-0.25, -0.2) is 0 Å². The molecule has 3 saturated heterocycles. The fraction of sp³-hybridized carbons (Fsp3) is 0.615. The van der Waals surface area contributed by atoms with Crippen molar-refractivity contribution in [3.05, 3.63) is 71.8 Å². The zero-order valence-electron chi connectivity index (χ0n) is 32.6. The van der Waals surface area contributed by atoms with Crippen LogP contribution >= 0.6 is 0 Å². The minimum atomic E-state index is -2.54. The van der Waals surface area contributed by atoms with E-state index in [9.17, 15) is 14.4 Å². The molecule has 0 unspecified atom stereocenters. The topological polar surface area (TPSA) is 156 Å². The third-order valence-electron chi connectivity index (χ3n) is 10.2. The van der Waals surface area contributed by atoms with E-state index in [2.05, 4.69) is 39.2 Å². The number of nitrogens with one attached hydrogen (secondary N) is 1. The van der Waals surface area contributed by atoms with Gasteiger partial charge < -0.3 is 52.4 Å². The minimum absolute atomic E-state index is 0.177. The lowest BCUT2D eigenvalue weighted by atomic mass is 9.95. The van der Waals surface area contributed by atoms with E-state index in [0.29, 0.717) is 0 Å². The van der Waals surface area contributed by atoms with E-state index in [-0.39, 0.29) is 24.9 Å². The molecule has 1 amide bonds. The average molecular weight is 774 g/mol. The molecule has 2 aromatic rings. The van der Waals surface area contributed by atoms with E-state index in [1.54, 1.807) is 0 Å². The number of amides is 1. The van der Waals surface area contributed by atoms with Crippen molar-refractivity contribution >= 4 is 26.2 Å². The molecule has 54 heavy (non-hydrogen) atoms. The number of carbonyl (C=O) groups excluding carboxylic acids is 3. The van der Waals surface area contributed by atoms with Crippen molar-refractivity contribution in [2.24, 2.45) is 0 Å². The summed E-state index contributed by atoms with van der Waals surface area (Å²) in [5.41, 5.74) is 1.82. The first kappa shape index (κ1) is 41.9. The van der Waals surface area contributed by atoms with Gasteiger partial charge in [-0.3, -0.25) is 14.4 Å². The summed E-state index contributed by atoms with van der Waals surface area (Å²) in [6.07, 6.45) is -8.88. The molecule has 15 heteroatoms. The SMILES string of the molecule is CO[C@H]1O[C@H](CO[C@@H]2O[C@@H]3CO[C@@H](c4ccccc4)O[C@H]3[C@H](OCc3ccccc3)[C@@H]2O[Si](C)(C)C(C)(C)C)[C@@H](OC(C)=O)[C@H](OC(C)=O)[C@H]1NC(C)=O. The van der Waals surface area contributed by atoms with Gasteiger partial charge in [-0.05, 0) is 23.7 Å². The summed E-state index contributed by atoms with van der Waals surface area (Å²) in [5, 5.41) is 2.51. The molecule has 0 saturated carbocycles. The highest BCUT2D eigenvalue weighted by Gasteiger charge is 2.56. The maximum Gasteiger partial charge on any atom is 0.303 e. The number of carbonyl (C=O) groups is 3. The second kappa shape index (κ2) is 18.1. The van der Waals surface area contributed by atoms with Gasteiger partial charge in [0.05, 0.1) is 19.8 Å². The Labute approximate surface area is 318 Å². The molecule has 3 aliphatic heterocycles. The first-order chi connectivity index (χ1) is 25.6. The molecule has 3 heterocycles. The number of methoxy groups -OCH3 is 1. The molecule has 2 aromatic carbocycles. The maximum atomic E-state index is 12.4. The lowest BCUT2D eigenvalue weighted by molar-refractivity contribution is -0.369. The van der Waals surface area contributed by atoms with Gasteiger partial charge in [-0.1, -0.05) is 81.4 Å². The predicted octanol–water partition coefficient (Wildman–Crippen LogP) is 4.56. The zero-order valence-corrected chi connectivity index (χ0v) is 33.6. The highest BCUT2D eigenvalue weighted by molar-refractivity contribution is 6.74. The highest BCUT2D eigenvalue weighted by atomic mass is 28.4. The fourth-order valence-electron chi connectivity index (χ4n) is 6.54. The number of ether oxygens (including phenoxy) is 9. The summed E-state index contributed by atoms with van der Waals surface area (Å²) in [4.78, 5) is 37.0. The van der Waals surface area contributed by atoms with Crippen LogP contribution in [-0.2, 0) is 68.0 Å². The molecule has 14 nitrogen and oxygen atoms in total. The molecule has 3 aliphatic rings. The van der Waals surface area contributed by atoms with Crippen LogP contribution in [0.1, 0.15) is 59.0 Å². The van der Waals surface area contributed by atoms with Gasteiger partial charge in [0.25, 0.3) is 0 Å². The second-order valence-electron chi connectivity index (χ2n) is 15.3. The molecule has 1 N–H and O–H groups in total. The van der Waals surface area contributed by atoms with Gasteiger partial charge in [0.15, 0.2) is 39.4 Å². The largest absolute Gasteiger partial charge is 0.456 e. The zero-order chi connectivity index (χ0) is 39.2. The van der Waals surface area contributed by atoms with Crippen molar-refractivity contribution in [3.8, 4) is 0 Å². The van der Waals surface area contributed by atoms with Crippen LogP contribution in [-0.4, -0.2) is 108 Å². The Bertz CT molecular complexity index is 1540. The van der Waals surface area contributed by atoms with Crippen molar-refractivity contribution in [3.63, 3.8) is 0 Å². The summed E-state index contributed by atoms with van der Waals surface area (Å²) in [6.45, 7) is 14.7. The number of hydrogen-bond acceptors (Lipinski definition) is 13. The van der Waals surface area contributed by atoms with Gasteiger partial charge in [0, 0.05) is 33.4 Å². The lowest BCUT2D eigenvalue weighted by Gasteiger charge is -2.52. The number of esters is 2. The van der Waals surface area contributed by atoms with Crippen LogP contribution in [0.5, 0.6) is 0 Å². The molecular formula is C39H55NO13Si. The summed E-state index contributed by atoms with van der Waals surface area (Å²) < 4.78 is 63.2. The average Bonchev–Trinajstić information content (AvgIpc) is 3.11. The summed E-state index contributed by atoms with van der Waals surface area (Å²) in [7, 11) is -1.15. The molecule has 0 radical (unpaired) electrons. The number of rotatable bonds is 13. The van der Waals surface area contributed by atoms with Crippen molar-refractivity contribution in [1.82, 2.24) is 5.32 Å². The van der Waals surface area contributed by atoms with Crippen molar-refractivity contribution in [2.75, 3.05) is 20.3 Å². The van der Waals surface area contributed by atoms with Crippen LogP contribution in [0.3, 0.4) is 0 Å². The Kier molecular flexibility index (Phi) is 14.1. The van der Waals surface area contributed by atoms with E-state index < -0.39 is 93.8 Å². The monoisotopic (exact) mass is 773 g/mol. The summed E-state index contributed by atoms with van der Waals surface area (Å²) in [5.74, 6) is -1.74. The quantitative estimate of drug-likeness (QED) is 0.224. The van der Waals surface area contributed by atoms with Gasteiger partial charge in [-0.2, -0.15) is 0 Å². The Morgan fingerprint density at radius 2 is 1.43 bits per heavy atom. The Morgan fingerprint density at radius 1 is 0.796 bits per heavy atom. The first-order valence-electron chi connectivity index (χ1n) is 18.3. The van der Waals surface area contributed by atoms with E-state index in [1.807, 2.05) is 60.7 Å². The van der Waals surface area contributed by atoms with Crippen LogP contribution in [0.25, 0.3) is 0 Å². The van der Waals surface area contributed by atoms with Gasteiger partial charge >= 0.3 is 11.9 Å². The van der Waals surface area contributed by atoms with E-state index in [1.165, 1.54) is 27.9 Å². The van der Waals surface area contributed by atoms with Crippen molar-refractivity contribution < 1.29 is 61.4 Å². The summed E-state index contributed by atoms with van der Waals surface area (Å²) >= 11 is 0. The third-order valence-corrected chi connectivity index (χ3v) is 14.6. The predicted molar refractivity (Wildman–Crippen MR) is 196 cm³/mol. The van der Waals surface area contributed by atoms with Gasteiger partial charge in [0.2, 0.25) is 5.91 Å². The van der Waals surface area contributed by atoms with Gasteiger partial charge in [0.1, 0.15) is 36.6 Å². The van der Waals surface area contributed by atoms with Crippen LogP contribution < -0.4 is 5.32 Å².